The SMILES string of the molecule is COc1ccccc1S(=O)(=O)NCc1ccc2oc(=O)c(C)c(C)c2c1. The van der Waals surface area contributed by atoms with Crippen LogP contribution in [-0.4, -0.2) is 15.5 Å². The minimum atomic E-state index is -3.73. The molecule has 0 saturated carbocycles. The molecule has 0 fully saturated rings. The highest BCUT2D eigenvalue weighted by Gasteiger charge is 2.18. The minimum Gasteiger partial charge on any atom is -0.495 e. The Bertz CT molecular complexity index is 1130. The van der Waals surface area contributed by atoms with Gasteiger partial charge < -0.3 is 9.15 Å². The molecule has 136 valence electrons. The summed E-state index contributed by atoms with van der Waals surface area (Å²) >= 11 is 0. The van der Waals surface area contributed by atoms with Crippen LogP contribution < -0.4 is 15.1 Å². The number of fused-ring (bicyclic) bond motifs is 1. The molecule has 0 atom stereocenters. The van der Waals surface area contributed by atoms with E-state index in [1.165, 1.54) is 13.2 Å². The van der Waals surface area contributed by atoms with Gasteiger partial charge in [-0.15, -0.1) is 0 Å². The van der Waals surface area contributed by atoms with Crippen molar-refractivity contribution in [3.8, 4) is 5.75 Å². The van der Waals surface area contributed by atoms with Gasteiger partial charge in [0.05, 0.1) is 7.11 Å². The first kappa shape index (κ1) is 18.2. The summed E-state index contributed by atoms with van der Waals surface area (Å²) in [6, 6.07) is 11.7. The first-order valence-corrected chi connectivity index (χ1v) is 9.47. The molecule has 0 amide bonds. The Morgan fingerprint density at radius 2 is 1.81 bits per heavy atom. The highest BCUT2D eigenvalue weighted by atomic mass is 32.2. The van der Waals surface area contributed by atoms with Crippen LogP contribution in [0.2, 0.25) is 0 Å². The Morgan fingerprint density at radius 3 is 2.54 bits per heavy atom. The van der Waals surface area contributed by atoms with E-state index in [9.17, 15) is 13.2 Å². The largest absolute Gasteiger partial charge is 0.495 e. The van der Waals surface area contributed by atoms with Crippen molar-refractivity contribution in [2.24, 2.45) is 0 Å². The zero-order valence-electron chi connectivity index (χ0n) is 14.7. The summed E-state index contributed by atoms with van der Waals surface area (Å²) in [4.78, 5) is 11.8. The maximum absolute atomic E-state index is 12.6. The standard InChI is InChI=1S/C19H19NO5S/c1-12-13(2)19(21)25-16-9-8-14(10-15(12)16)11-20-26(22,23)18-7-5-4-6-17(18)24-3/h4-10,20H,11H2,1-3H3. The molecule has 0 radical (unpaired) electrons. The number of rotatable bonds is 5. The van der Waals surface area contributed by atoms with Gasteiger partial charge in [-0.1, -0.05) is 18.2 Å². The quantitative estimate of drug-likeness (QED) is 0.695. The van der Waals surface area contributed by atoms with E-state index in [2.05, 4.69) is 4.72 Å². The average molecular weight is 373 g/mol. The van der Waals surface area contributed by atoms with Crippen LogP contribution in [0.25, 0.3) is 11.0 Å². The van der Waals surface area contributed by atoms with E-state index in [4.69, 9.17) is 9.15 Å². The molecule has 3 aromatic rings. The Kier molecular flexibility index (Phi) is 4.84. The van der Waals surface area contributed by atoms with E-state index in [0.29, 0.717) is 11.1 Å². The molecule has 0 saturated heterocycles. The first-order chi connectivity index (χ1) is 12.3. The van der Waals surface area contributed by atoms with Crippen LogP contribution in [0.5, 0.6) is 5.75 Å². The van der Waals surface area contributed by atoms with Crippen molar-refractivity contribution in [2.75, 3.05) is 7.11 Å². The van der Waals surface area contributed by atoms with E-state index < -0.39 is 10.0 Å². The number of benzene rings is 2. The molecular weight excluding hydrogens is 354 g/mol. The molecule has 2 aromatic carbocycles. The van der Waals surface area contributed by atoms with Crippen LogP contribution in [0, 0.1) is 13.8 Å². The maximum Gasteiger partial charge on any atom is 0.339 e. The number of methoxy groups -OCH3 is 1. The fraction of sp³-hybridized carbons (Fsp3) is 0.211. The van der Waals surface area contributed by atoms with E-state index >= 15 is 0 Å². The van der Waals surface area contributed by atoms with Crippen LogP contribution in [0.1, 0.15) is 16.7 Å². The van der Waals surface area contributed by atoms with Crippen LogP contribution in [-0.2, 0) is 16.6 Å². The predicted molar refractivity (Wildman–Crippen MR) is 99.0 cm³/mol. The number of nitrogens with one attached hydrogen (secondary N) is 1. The lowest BCUT2D eigenvalue weighted by atomic mass is 10.0. The number of hydrogen-bond acceptors (Lipinski definition) is 5. The van der Waals surface area contributed by atoms with E-state index in [0.717, 1.165) is 16.5 Å². The Labute approximate surface area is 151 Å². The van der Waals surface area contributed by atoms with Crippen LogP contribution in [0.3, 0.4) is 0 Å². The topological polar surface area (TPSA) is 85.6 Å². The van der Waals surface area contributed by atoms with Gasteiger partial charge >= 0.3 is 5.63 Å². The third-order valence-electron chi connectivity index (χ3n) is 4.34. The lowest BCUT2D eigenvalue weighted by Crippen LogP contribution is -2.23. The third-order valence-corrected chi connectivity index (χ3v) is 5.78. The Hall–Kier alpha value is -2.64. The van der Waals surface area contributed by atoms with Crippen LogP contribution >= 0.6 is 0 Å². The molecule has 0 spiro atoms. The van der Waals surface area contributed by atoms with Gasteiger partial charge in [-0.05, 0) is 49.2 Å². The number of hydrogen-bond donors (Lipinski definition) is 1. The number of ether oxygens (including phenoxy) is 1. The van der Waals surface area contributed by atoms with E-state index in [1.54, 1.807) is 37.3 Å². The molecule has 3 rings (SSSR count). The van der Waals surface area contributed by atoms with Crippen LogP contribution in [0.15, 0.2) is 56.6 Å². The lowest BCUT2D eigenvalue weighted by Gasteiger charge is -2.11. The summed E-state index contributed by atoms with van der Waals surface area (Å²) in [7, 11) is -2.30. The molecule has 1 N–H and O–H groups in total. The van der Waals surface area contributed by atoms with Crippen LogP contribution in [0.4, 0.5) is 0 Å². The predicted octanol–water partition coefficient (Wildman–Crippen LogP) is 2.90. The van der Waals surface area contributed by atoms with Gasteiger partial charge in [0, 0.05) is 17.5 Å². The van der Waals surface area contributed by atoms with Crippen molar-refractivity contribution in [1.82, 2.24) is 4.72 Å². The minimum absolute atomic E-state index is 0.0845. The second-order valence-electron chi connectivity index (χ2n) is 5.95. The molecule has 26 heavy (non-hydrogen) atoms. The second-order valence-corrected chi connectivity index (χ2v) is 7.68. The highest BCUT2D eigenvalue weighted by Crippen LogP contribution is 2.24. The zero-order chi connectivity index (χ0) is 18.9. The number of sulfonamides is 1. The fourth-order valence-corrected chi connectivity index (χ4v) is 3.88. The van der Waals surface area contributed by atoms with Gasteiger partial charge in [-0.3, -0.25) is 0 Å². The third kappa shape index (κ3) is 3.36. The Morgan fingerprint density at radius 1 is 1.08 bits per heavy atom. The van der Waals surface area contributed by atoms with Crippen molar-refractivity contribution in [2.45, 2.75) is 25.3 Å². The molecule has 0 aliphatic heterocycles. The summed E-state index contributed by atoms with van der Waals surface area (Å²) in [5.74, 6) is 0.284. The van der Waals surface area contributed by atoms with Gasteiger partial charge in [0.1, 0.15) is 16.2 Å². The monoisotopic (exact) mass is 373 g/mol. The van der Waals surface area contributed by atoms with Gasteiger partial charge in [0.25, 0.3) is 0 Å². The van der Waals surface area contributed by atoms with Crippen molar-refractivity contribution in [1.29, 1.82) is 0 Å². The van der Waals surface area contributed by atoms with Crippen molar-refractivity contribution < 1.29 is 17.6 Å². The highest BCUT2D eigenvalue weighted by molar-refractivity contribution is 7.89. The molecule has 0 unspecified atom stereocenters. The van der Waals surface area contributed by atoms with E-state index in [-0.39, 0.29) is 22.8 Å². The fourth-order valence-electron chi connectivity index (χ4n) is 2.70. The van der Waals surface area contributed by atoms with Crippen molar-refractivity contribution >= 4 is 21.0 Å². The lowest BCUT2D eigenvalue weighted by molar-refractivity contribution is 0.402. The molecule has 1 aromatic heterocycles. The Balaban J connectivity index is 1.91. The summed E-state index contributed by atoms with van der Waals surface area (Å²) in [6.45, 7) is 3.66. The normalized spacial score (nSPS) is 11.7. The van der Waals surface area contributed by atoms with Gasteiger partial charge in [-0.2, -0.15) is 0 Å². The smallest absolute Gasteiger partial charge is 0.339 e. The molecule has 0 aliphatic rings. The van der Waals surface area contributed by atoms with Gasteiger partial charge in [0.2, 0.25) is 10.0 Å². The van der Waals surface area contributed by atoms with E-state index in [1.807, 2.05) is 13.0 Å². The number of aryl methyl sites for hydroxylation is 1. The summed E-state index contributed by atoms with van der Waals surface area (Å²) in [5.41, 5.74) is 2.25. The number of para-hydroxylation sites is 1. The molecule has 7 heteroatoms. The molecule has 0 bridgehead atoms. The maximum atomic E-state index is 12.6. The zero-order valence-corrected chi connectivity index (χ0v) is 15.5. The molecule has 6 nitrogen and oxygen atoms in total. The molecular formula is C19H19NO5S. The summed E-state index contributed by atoms with van der Waals surface area (Å²) < 4.78 is 38.1. The van der Waals surface area contributed by atoms with Crippen molar-refractivity contribution in [3.63, 3.8) is 0 Å². The summed E-state index contributed by atoms with van der Waals surface area (Å²) in [6.07, 6.45) is 0. The van der Waals surface area contributed by atoms with Gasteiger partial charge in [0.15, 0.2) is 0 Å². The summed E-state index contributed by atoms with van der Waals surface area (Å²) in [5, 5.41) is 0.788. The van der Waals surface area contributed by atoms with Gasteiger partial charge in [-0.25, -0.2) is 17.9 Å². The molecule has 0 aliphatic carbocycles. The average Bonchev–Trinajstić information content (AvgIpc) is 2.65. The first-order valence-electron chi connectivity index (χ1n) is 7.99. The molecule has 1 heterocycles. The second kappa shape index (κ2) is 6.93. The van der Waals surface area contributed by atoms with Crippen molar-refractivity contribution in [3.05, 3.63) is 69.6 Å².